The number of rotatable bonds is 4. The molecule has 3 rings (SSSR count). The Morgan fingerprint density at radius 3 is 2.62 bits per heavy atom. The molecule has 128 valence electrons. The zero-order chi connectivity index (χ0) is 16.8. The molecule has 1 aliphatic rings. The maximum atomic E-state index is 10.7. The molecule has 2 aromatic heterocycles. The molecule has 4 atom stereocenters. The summed E-state index contributed by atoms with van der Waals surface area (Å²) in [6.45, 7) is -0.619. The first-order valence-corrected chi connectivity index (χ1v) is 7.89. The third-order valence-electron chi connectivity index (χ3n) is 3.36. The van der Waals surface area contributed by atoms with Gasteiger partial charge in [-0.15, -0.1) is 0 Å². The molecular formula is C10H14N4NaO8P. The van der Waals surface area contributed by atoms with Gasteiger partial charge in [0.2, 0.25) is 5.88 Å². The van der Waals surface area contributed by atoms with E-state index < -0.39 is 39.0 Å². The average molecular weight is 372 g/mol. The zero-order valence-electron chi connectivity index (χ0n) is 11.4. The number of phosphoric ester groups is 1. The number of fused-ring (bicyclic) bond motifs is 1. The van der Waals surface area contributed by atoms with Gasteiger partial charge in [-0.2, -0.15) is 4.98 Å². The molecule has 0 radical (unpaired) electrons. The van der Waals surface area contributed by atoms with Gasteiger partial charge < -0.3 is 29.8 Å². The fourth-order valence-electron chi connectivity index (χ4n) is 2.29. The summed E-state index contributed by atoms with van der Waals surface area (Å²) < 4.78 is 21.6. The van der Waals surface area contributed by atoms with Crippen LogP contribution in [0.4, 0.5) is 0 Å². The van der Waals surface area contributed by atoms with Crippen molar-refractivity contribution >= 4 is 48.5 Å². The molecule has 0 unspecified atom stereocenters. The molecule has 3 heterocycles. The van der Waals surface area contributed by atoms with Crippen LogP contribution in [0.25, 0.3) is 11.2 Å². The molecule has 24 heavy (non-hydrogen) atoms. The van der Waals surface area contributed by atoms with E-state index >= 15 is 0 Å². The number of ether oxygens (including phenoxy) is 1. The Morgan fingerprint density at radius 1 is 1.25 bits per heavy atom. The Labute approximate surface area is 156 Å². The monoisotopic (exact) mass is 372 g/mol. The topological polar surface area (TPSA) is 180 Å². The standard InChI is InChI=1S/C10H13N4O8P.Na.H/c15-6-4(1-21-23(18,19)20)22-10(7(6)16)14-3-13-5-8(14)11-2-12-9(5)17;;/h2-4,6-7,10,15-16H,1H2,(H,11,12,17)(H2,18,19,20);;/t4-,6-,7-,10-;;/m1../s1. The molecule has 1 fully saturated rings. The number of imidazole rings is 1. The van der Waals surface area contributed by atoms with Crippen molar-refractivity contribution in [3.05, 3.63) is 12.7 Å². The van der Waals surface area contributed by atoms with E-state index in [-0.39, 0.29) is 46.6 Å². The first-order valence-electron chi connectivity index (χ1n) is 6.36. The molecule has 5 N–H and O–H groups in total. The van der Waals surface area contributed by atoms with Gasteiger partial charge in [-0.25, -0.2) is 14.5 Å². The van der Waals surface area contributed by atoms with Crippen molar-refractivity contribution in [2.24, 2.45) is 0 Å². The van der Waals surface area contributed by atoms with Crippen LogP contribution in [0.2, 0.25) is 0 Å². The summed E-state index contributed by atoms with van der Waals surface area (Å²) in [6, 6.07) is 0. The molecule has 1 saturated heterocycles. The van der Waals surface area contributed by atoms with Gasteiger partial charge in [0.25, 0.3) is 0 Å². The second kappa shape index (κ2) is 7.30. The molecule has 0 bridgehead atoms. The van der Waals surface area contributed by atoms with Crippen LogP contribution in [0, 0.1) is 0 Å². The van der Waals surface area contributed by atoms with Gasteiger partial charge in [0.15, 0.2) is 17.4 Å². The Bertz CT molecular complexity index is 768. The van der Waals surface area contributed by atoms with Gasteiger partial charge in [-0.3, -0.25) is 9.09 Å². The van der Waals surface area contributed by atoms with Crippen LogP contribution in [0.1, 0.15) is 6.23 Å². The fraction of sp³-hybridized carbons (Fsp3) is 0.500. The molecule has 0 saturated carbocycles. The fourth-order valence-corrected chi connectivity index (χ4v) is 2.63. The average Bonchev–Trinajstić information content (AvgIpc) is 3.01. The Morgan fingerprint density at radius 2 is 1.96 bits per heavy atom. The number of aliphatic hydroxyl groups is 2. The van der Waals surface area contributed by atoms with Crippen LogP contribution in [-0.4, -0.2) is 99.1 Å². The van der Waals surface area contributed by atoms with Crippen LogP contribution >= 0.6 is 7.82 Å². The van der Waals surface area contributed by atoms with Crippen molar-refractivity contribution in [2.75, 3.05) is 6.61 Å². The first kappa shape index (κ1) is 19.7. The summed E-state index contributed by atoms with van der Waals surface area (Å²) >= 11 is 0. The summed E-state index contributed by atoms with van der Waals surface area (Å²) in [4.78, 5) is 28.7. The predicted molar refractivity (Wildman–Crippen MR) is 78.1 cm³/mol. The van der Waals surface area contributed by atoms with Crippen LogP contribution in [0.5, 0.6) is 5.88 Å². The molecule has 14 heteroatoms. The van der Waals surface area contributed by atoms with Gasteiger partial charge in [0.05, 0.1) is 12.9 Å². The molecule has 0 amide bonds. The summed E-state index contributed by atoms with van der Waals surface area (Å²) in [5.41, 5.74) is 0.234. The van der Waals surface area contributed by atoms with Gasteiger partial charge in [-0.1, -0.05) is 0 Å². The van der Waals surface area contributed by atoms with Crippen molar-refractivity contribution in [2.45, 2.75) is 24.5 Å². The molecule has 1 aliphatic heterocycles. The minimum atomic E-state index is -4.74. The summed E-state index contributed by atoms with van der Waals surface area (Å²) in [5, 5.41) is 29.6. The third-order valence-corrected chi connectivity index (χ3v) is 3.84. The number of hydrogen-bond acceptors (Lipinski definition) is 9. The Balaban J connectivity index is 0.00000208. The van der Waals surface area contributed by atoms with E-state index in [1.165, 1.54) is 10.9 Å². The summed E-state index contributed by atoms with van der Waals surface area (Å²) in [6.07, 6.45) is -2.85. The van der Waals surface area contributed by atoms with E-state index in [0.29, 0.717) is 0 Å². The quantitative estimate of drug-likeness (QED) is 0.285. The zero-order valence-corrected chi connectivity index (χ0v) is 12.3. The van der Waals surface area contributed by atoms with E-state index in [1.807, 2.05) is 0 Å². The van der Waals surface area contributed by atoms with Gasteiger partial charge in [0.1, 0.15) is 24.6 Å². The Hall–Kier alpha value is -0.660. The van der Waals surface area contributed by atoms with E-state index in [4.69, 9.17) is 14.5 Å². The van der Waals surface area contributed by atoms with Crippen molar-refractivity contribution in [3.63, 3.8) is 0 Å². The number of aromatic nitrogens is 4. The molecule has 0 aromatic carbocycles. The van der Waals surface area contributed by atoms with E-state index in [0.717, 1.165) is 6.33 Å². The number of phosphoric acid groups is 1. The predicted octanol–water partition coefficient (Wildman–Crippen LogP) is -2.39. The minimum absolute atomic E-state index is 0. The van der Waals surface area contributed by atoms with Crippen LogP contribution in [-0.2, 0) is 13.8 Å². The maximum absolute atomic E-state index is 10.7. The SMILES string of the molecule is O=P(O)(O)OC[C@H]1O[C@@H](n2cnc3c(O)ncnc32)[C@H](O)[C@@H]1O.[NaH]. The van der Waals surface area contributed by atoms with Crippen molar-refractivity contribution < 1.29 is 38.9 Å². The molecule has 12 nitrogen and oxygen atoms in total. The normalized spacial score (nSPS) is 27.3. The number of aliphatic hydroxyl groups excluding tert-OH is 2. The summed E-state index contributed by atoms with van der Waals surface area (Å²) in [7, 11) is -4.74. The Kier molecular flexibility index (Phi) is 5.98. The molecule has 0 aliphatic carbocycles. The molecular weight excluding hydrogens is 358 g/mol. The van der Waals surface area contributed by atoms with Gasteiger partial charge in [0, 0.05) is 0 Å². The second-order valence-corrected chi connectivity index (χ2v) is 6.09. The van der Waals surface area contributed by atoms with Crippen molar-refractivity contribution in [1.29, 1.82) is 0 Å². The van der Waals surface area contributed by atoms with Gasteiger partial charge in [-0.05, 0) is 0 Å². The number of hydrogen-bond donors (Lipinski definition) is 5. The van der Waals surface area contributed by atoms with Crippen LogP contribution in [0.3, 0.4) is 0 Å². The van der Waals surface area contributed by atoms with Gasteiger partial charge >= 0.3 is 37.4 Å². The van der Waals surface area contributed by atoms with Crippen molar-refractivity contribution in [1.82, 2.24) is 19.5 Å². The molecule has 0 spiro atoms. The van der Waals surface area contributed by atoms with E-state index in [9.17, 15) is 19.9 Å². The number of nitrogens with zero attached hydrogens (tertiary/aromatic N) is 4. The van der Waals surface area contributed by atoms with E-state index in [2.05, 4.69) is 19.5 Å². The number of aromatic hydroxyl groups is 1. The van der Waals surface area contributed by atoms with Crippen LogP contribution in [0.15, 0.2) is 12.7 Å². The molecule has 2 aromatic rings. The first-order chi connectivity index (χ1) is 10.8. The third kappa shape index (κ3) is 3.78. The van der Waals surface area contributed by atoms with Crippen molar-refractivity contribution in [3.8, 4) is 5.88 Å². The second-order valence-electron chi connectivity index (χ2n) is 4.85. The summed E-state index contributed by atoms with van der Waals surface area (Å²) in [5.74, 6) is -0.358. The van der Waals surface area contributed by atoms with E-state index in [1.54, 1.807) is 0 Å². The van der Waals surface area contributed by atoms with Crippen LogP contribution < -0.4 is 0 Å².